The molecule has 0 saturated heterocycles. The molecule has 0 atom stereocenters. The second-order valence-corrected chi connectivity index (χ2v) is 3.82. The Morgan fingerprint density at radius 2 is 2.17 bits per heavy atom. The largest absolute Gasteiger partial charge is 0.493 e. The van der Waals surface area contributed by atoms with Gasteiger partial charge < -0.3 is 14.6 Å². The van der Waals surface area contributed by atoms with Crippen molar-refractivity contribution in [3.63, 3.8) is 0 Å². The van der Waals surface area contributed by atoms with E-state index in [-0.39, 0.29) is 6.61 Å². The fourth-order valence-corrected chi connectivity index (χ4v) is 1.55. The summed E-state index contributed by atoms with van der Waals surface area (Å²) in [5.74, 6) is 1.20. The third-order valence-corrected chi connectivity index (χ3v) is 2.44. The maximum absolute atomic E-state index is 9.09. The van der Waals surface area contributed by atoms with Crippen molar-refractivity contribution < 1.29 is 14.6 Å². The molecule has 2 aromatic rings. The number of benzene rings is 1. The second kappa shape index (κ2) is 5.50. The smallest absolute Gasteiger partial charge is 0.162 e. The van der Waals surface area contributed by atoms with Crippen LogP contribution in [0.5, 0.6) is 11.5 Å². The normalized spacial score (nSPS) is 10.4. The van der Waals surface area contributed by atoms with Gasteiger partial charge in [-0.3, -0.25) is 4.68 Å². The zero-order valence-corrected chi connectivity index (χ0v) is 10.3. The molecule has 1 aromatic heterocycles. The molecule has 0 unspecified atom stereocenters. The van der Waals surface area contributed by atoms with E-state index in [2.05, 4.69) is 10.3 Å². The number of nitrogens with zero attached hydrogens (tertiary/aromatic N) is 3. The van der Waals surface area contributed by atoms with E-state index in [1.54, 1.807) is 43.2 Å². The Morgan fingerprint density at radius 1 is 1.33 bits per heavy atom. The van der Waals surface area contributed by atoms with Crippen LogP contribution in [0, 0.1) is 0 Å². The second-order valence-electron chi connectivity index (χ2n) is 3.82. The molecule has 0 radical (unpaired) electrons. The summed E-state index contributed by atoms with van der Waals surface area (Å²) >= 11 is 0. The molecule has 0 aliphatic heterocycles. The molecular weight excluding hydrogens is 234 g/mol. The Hall–Kier alpha value is -2.08. The molecule has 1 N–H and O–H groups in total. The Balaban J connectivity index is 2.11. The van der Waals surface area contributed by atoms with Crippen molar-refractivity contribution in [3.05, 3.63) is 35.7 Å². The highest BCUT2D eigenvalue weighted by Gasteiger charge is 2.07. The summed E-state index contributed by atoms with van der Waals surface area (Å²) in [4.78, 5) is 0. The Labute approximate surface area is 105 Å². The first-order valence-corrected chi connectivity index (χ1v) is 5.48. The van der Waals surface area contributed by atoms with Crippen LogP contribution >= 0.6 is 0 Å². The molecule has 6 nitrogen and oxygen atoms in total. The van der Waals surface area contributed by atoms with Gasteiger partial charge in [0.2, 0.25) is 0 Å². The van der Waals surface area contributed by atoms with Crippen molar-refractivity contribution in [1.82, 2.24) is 15.0 Å². The average molecular weight is 249 g/mol. The number of hydrogen-bond donors (Lipinski definition) is 1. The van der Waals surface area contributed by atoms with Crippen LogP contribution in [0.3, 0.4) is 0 Å². The minimum Gasteiger partial charge on any atom is -0.493 e. The zero-order valence-electron chi connectivity index (χ0n) is 10.3. The number of ether oxygens (including phenoxy) is 2. The van der Waals surface area contributed by atoms with Gasteiger partial charge in [0.05, 0.1) is 19.9 Å². The van der Waals surface area contributed by atoms with Gasteiger partial charge in [-0.05, 0) is 17.7 Å². The van der Waals surface area contributed by atoms with Crippen LogP contribution in [0.25, 0.3) is 0 Å². The molecule has 0 aliphatic carbocycles. The van der Waals surface area contributed by atoms with Crippen LogP contribution in [0.4, 0.5) is 0 Å². The Kier molecular flexibility index (Phi) is 3.78. The van der Waals surface area contributed by atoms with E-state index in [0.717, 1.165) is 11.3 Å². The number of rotatable bonds is 5. The molecule has 0 aliphatic rings. The van der Waals surface area contributed by atoms with Gasteiger partial charge in [0.1, 0.15) is 12.3 Å². The maximum atomic E-state index is 9.09. The van der Waals surface area contributed by atoms with Crippen molar-refractivity contribution in [1.29, 1.82) is 0 Å². The van der Waals surface area contributed by atoms with Crippen molar-refractivity contribution >= 4 is 0 Å². The zero-order chi connectivity index (χ0) is 13.0. The third kappa shape index (κ3) is 2.78. The number of aryl methyl sites for hydroxylation is 1. The van der Waals surface area contributed by atoms with Gasteiger partial charge in [0.15, 0.2) is 11.5 Å². The standard InChI is InChI=1S/C12H15N3O3/c1-15-6-10(13-14-15)8-18-12-5-9(7-16)3-4-11(12)17-2/h3-6,16H,7-8H2,1-2H3. The highest BCUT2D eigenvalue weighted by molar-refractivity contribution is 5.42. The number of aromatic nitrogens is 3. The molecule has 1 aromatic carbocycles. The summed E-state index contributed by atoms with van der Waals surface area (Å²) < 4.78 is 12.4. The van der Waals surface area contributed by atoms with Crippen LogP contribution < -0.4 is 9.47 Å². The molecule has 0 saturated carbocycles. The topological polar surface area (TPSA) is 69.4 Å². The Bertz CT molecular complexity index is 525. The monoisotopic (exact) mass is 249 g/mol. The Morgan fingerprint density at radius 3 is 2.78 bits per heavy atom. The minimum atomic E-state index is -0.0362. The molecule has 1 heterocycles. The van der Waals surface area contributed by atoms with Crippen LogP contribution in [0.2, 0.25) is 0 Å². The lowest BCUT2D eigenvalue weighted by atomic mass is 10.2. The summed E-state index contributed by atoms with van der Waals surface area (Å²) in [6.45, 7) is 0.268. The van der Waals surface area contributed by atoms with E-state index in [4.69, 9.17) is 14.6 Å². The first kappa shape index (κ1) is 12.4. The van der Waals surface area contributed by atoms with Crippen LogP contribution in [-0.4, -0.2) is 27.2 Å². The first-order chi connectivity index (χ1) is 8.72. The molecule has 96 valence electrons. The lowest BCUT2D eigenvalue weighted by Gasteiger charge is -2.10. The number of aliphatic hydroxyl groups is 1. The predicted octanol–water partition coefficient (Wildman–Crippen LogP) is 0.895. The van der Waals surface area contributed by atoms with Crippen LogP contribution in [0.1, 0.15) is 11.3 Å². The molecule has 0 bridgehead atoms. The third-order valence-electron chi connectivity index (χ3n) is 2.44. The van der Waals surface area contributed by atoms with Gasteiger partial charge in [0, 0.05) is 7.05 Å². The summed E-state index contributed by atoms with van der Waals surface area (Å²) in [6.07, 6.45) is 1.78. The van der Waals surface area contributed by atoms with Crippen LogP contribution in [0.15, 0.2) is 24.4 Å². The summed E-state index contributed by atoms with van der Waals surface area (Å²) in [7, 11) is 3.37. The summed E-state index contributed by atoms with van der Waals surface area (Å²) in [5, 5.41) is 16.8. The van der Waals surface area contributed by atoms with Crippen molar-refractivity contribution in [2.24, 2.45) is 7.05 Å². The minimum absolute atomic E-state index is 0.0362. The average Bonchev–Trinajstić information content (AvgIpc) is 2.81. The van der Waals surface area contributed by atoms with Gasteiger partial charge in [-0.2, -0.15) is 0 Å². The van der Waals surface area contributed by atoms with E-state index in [1.807, 2.05) is 0 Å². The van der Waals surface area contributed by atoms with E-state index >= 15 is 0 Å². The van der Waals surface area contributed by atoms with Gasteiger partial charge in [-0.15, -0.1) is 5.10 Å². The SMILES string of the molecule is COc1ccc(CO)cc1OCc1cn(C)nn1. The maximum Gasteiger partial charge on any atom is 0.162 e. The van der Waals surface area contributed by atoms with Gasteiger partial charge in [0.25, 0.3) is 0 Å². The molecule has 18 heavy (non-hydrogen) atoms. The van der Waals surface area contributed by atoms with Crippen molar-refractivity contribution in [2.75, 3.05) is 7.11 Å². The van der Waals surface area contributed by atoms with E-state index < -0.39 is 0 Å². The fraction of sp³-hybridized carbons (Fsp3) is 0.333. The lowest BCUT2D eigenvalue weighted by molar-refractivity contribution is 0.270. The fourth-order valence-electron chi connectivity index (χ4n) is 1.55. The van der Waals surface area contributed by atoms with Gasteiger partial charge >= 0.3 is 0 Å². The number of aliphatic hydroxyl groups excluding tert-OH is 1. The summed E-state index contributed by atoms with van der Waals surface area (Å²) in [5.41, 5.74) is 1.50. The predicted molar refractivity (Wildman–Crippen MR) is 64.3 cm³/mol. The number of methoxy groups -OCH3 is 1. The highest BCUT2D eigenvalue weighted by atomic mass is 16.5. The van der Waals surface area contributed by atoms with Crippen molar-refractivity contribution in [2.45, 2.75) is 13.2 Å². The quantitative estimate of drug-likeness (QED) is 0.852. The molecule has 6 heteroatoms. The molecule has 0 fully saturated rings. The number of hydrogen-bond acceptors (Lipinski definition) is 5. The molecule has 0 amide bonds. The lowest BCUT2D eigenvalue weighted by Crippen LogP contribution is -1.99. The highest BCUT2D eigenvalue weighted by Crippen LogP contribution is 2.28. The van der Waals surface area contributed by atoms with Crippen LogP contribution in [-0.2, 0) is 20.3 Å². The summed E-state index contributed by atoms with van der Waals surface area (Å²) in [6, 6.07) is 5.29. The van der Waals surface area contributed by atoms with Gasteiger partial charge in [-0.1, -0.05) is 11.3 Å². The van der Waals surface area contributed by atoms with E-state index in [0.29, 0.717) is 18.1 Å². The first-order valence-electron chi connectivity index (χ1n) is 5.48. The van der Waals surface area contributed by atoms with E-state index in [1.165, 1.54) is 0 Å². The molecular formula is C12H15N3O3. The van der Waals surface area contributed by atoms with Gasteiger partial charge in [-0.25, -0.2) is 0 Å². The molecule has 2 rings (SSSR count). The van der Waals surface area contributed by atoms with Crippen molar-refractivity contribution in [3.8, 4) is 11.5 Å². The molecule has 0 spiro atoms. The van der Waals surface area contributed by atoms with E-state index in [9.17, 15) is 0 Å².